The van der Waals surface area contributed by atoms with Crippen LogP contribution < -0.4 is 4.74 Å². The molecule has 1 aliphatic carbocycles. The van der Waals surface area contributed by atoms with Gasteiger partial charge < -0.3 is 4.74 Å². The van der Waals surface area contributed by atoms with Crippen LogP contribution in [-0.4, -0.2) is 11.0 Å². The Morgan fingerprint density at radius 3 is 2.36 bits per heavy atom. The Morgan fingerprint density at radius 1 is 1.14 bits per heavy atom. The van der Waals surface area contributed by atoms with Crippen LogP contribution in [0.2, 0.25) is 0 Å². The van der Waals surface area contributed by atoms with Crippen molar-refractivity contribution in [1.82, 2.24) is 4.98 Å². The van der Waals surface area contributed by atoms with Crippen molar-refractivity contribution in [3.8, 4) is 5.75 Å². The van der Waals surface area contributed by atoms with Gasteiger partial charge in [0.05, 0.1) is 6.20 Å². The van der Waals surface area contributed by atoms with Crippen LogP contribution >= 0.6 is 0 Å². The monoisotopic (exact) mass is 303 g/mol. The summed E-state index contributed by atoms with van der Waals surface area (Å²) in [4.78, 5) is 15.6. The first-order valence-electron chi connectivity index (χ1n) is 8.86. The number of hydrogen-bond donors (Lipinski definition) is 0. The smallest absolute Gasteiger partial charge is 0.310 e. The van der Waals surface area contributed by atoms with Crippen molar-refractivity contribution in [2.45, 2.75) is 71.6 Å². The first-order valence-corrected chi connectivity index (χ1v) is 8.86. The van der Waals surface area contributed by atoms with E-state index >= 15 is 0 Å². The molecule has 1 saturated carbocycles. The summed E-state index contributed by atoms with van der Waals surface area (Å²) < 4.78 is 5.15. The van der Waals surface area contributed by atoms with E-state index in [0.29, 0.717) is 12.2 Å². The fraction of sp³-hybridized carbons (Fsp3) is 0.684. The first kappa shape index (κ1) is 17.0. The molecule has 1 fully saturated rings. The molecule has 3 nitrogen and oxygen atoms in total. The Bertz CT molecular complexity index is 447. The molecule has 122 valence electrons. The molecular weight excluding hydrogens is 274 g/mol. The minimum Gasteiger partial charge on any atom is -0.425 e. The van der Waals surface area contributed by atoms with Gasteiger partial charge in [-0.2, -0.15) is 0 Å². The fourth-order valence-electron chi connectivity index (χ4n) is 3.39. The van der Waals surface area contributed by atoms with E-state index in [1.807, 2.05) is 12.1 Å². The molecule has 3 heteroatoms. The van der Waals surface area contributed by atoms with Crippen LogP contribution in [0.3, 0.4) is 0 Å². The Hall–Kier alpha value is -1.38. The molecule has 0 atom stereocenters. The van der Waals surface area contributed by atoms with Crippen molar-refractivity contribution in [3.05, 3.63) is 24.0 Å². The number of carbonyl (C=O) groups is 1. The van der Waals surface area contributed by atoms with E-state index in [4.69, 9.17) is 4.74 Å². The summed E-state index contributed by atoms with van der Waals surface area (Å²) in [6.45, 7) is 4.08. The lowest BCUT2D eigenvalue weighted by Crippen LogP contribution is -2.15. The third-order valence-corrected chi connectivity index (χ3v) is 4.79. The second-order valence-corrected chi connectivity index (χ2v) is 6.53. The lowest BCUT2D eigenvalue weighted by molar-refractivity contribution is -0.134. The summed E-state index contributed by atoms with van der Waals surface area (Å²) in [6, 6.07) is 3.84. The molecule has 1 aliphatic rings. The number of rotatable bonds is 7. The number of hydrogen-bond acceptors (Lipinski definition) is 3. The third kappa shape index (κ3) is 5.43. The highest BCUT2D eigenvalue weighted by atomic mass is 16.5. The molecule has 0 radical (unpaired) electrons. The molecular formula is C19H29NO2. The zero-order valence-corrected chi connectivity index (χ0v) is 14.0. The molecule has 1 aromatic rings. The highest BCUT2D eigenvalue weighted by Crippen LogP contribution is 2.33. The van der Waals surface area contributed by atoms with Crippen molar-refractivity contribution >= 4 is 5.97 Å². The maximum absolute atomic E-state index is 11.2. The predicted octanol–water partition coefficient (Wildman–Crippen LogP) is 4.94. The normalized spacial score (nSPS) is 21.5. The van der Waals surface area contributed by atoms with Crippen molar-refractivity contribution in [2.75, 3.05) is 0 Å². The van der Waals surface area contributed by atoms with Gasteiger partial charge in [-0.1, -0.05) is 52.4 Å². The van der Waals surface area contributed by atoms with Crippen LogP contribution in [0.25, 0.3) is 0 Å². The second kappa shape index (κ2) is 8.92. The molecule has 22 heavy (non-hydrogen) atoms. The van der Waals surface area contributed by atoms with E-state index in [1.54, 1.807) is 13.1 Å². The Balaban J connectivity index is 1.72. The van der Waals surface area contributed by atoms with Crippen LogP contribution in [0, 0.1) is 11.8 Å². The lowest BCUT2D eigenvalue weighted by atomic mass is 9.78. The predicted molar refractivity (Wildman–Crippen MR) is 88.8 cm³/mol. The average molecular weight is 303 g/mol. The molecule has 0 aliphatic heterocycles. The fourth-order valence-corrected chi connectivity index (χ4v) is 3.39. The van der Waals surface area contributed by atoms with Crippen molar-refractivity contribution in [2.24, 2.45) is 11.8 Å². The lowest BCUT2D eigenvalue weighted by Gasteiger charge is -2.28. The van der Waals surface area contributed by atoms with Gasteiger partial charge in [-0.05, 0) is 36.8 Å². The molecule has 0 unspecified atom stereocenters. The topological polar surface area (TPSA) is 39.2 Å². The second-order valence-electron chi connectivity index (χ2n) is 6.53. The molecule has 0 amide bonds. The Morgan fingerprint density at radius 2 is 1.82 bits per heavy atom. The molecule has 1 aromatic heterocycles. The number of ether oxygens (including phenoxy) is 1. The molecule has 0 bridgehead atoms. The van der Waals surface area contributed by atoms with Crippen LogP contribution in [-0.2, 0) is 11.2 Å². The van der Waals surface area contributed by atoms with Gasteiger partial charge in [0.1, 0.15) is 5.75 Å². The van der Waals surface area contributed by atoms with Crippen molar-refractivity contribution in [3.63, 3.8) is 0 Å². The molecule has 0 N–H and O–H groups in total. The molecule has 1 heterocycles. The Labute approximate surface area is 134 Å². The highest BCUT2D eigenvalue weighted by molar-refractivity contribution is 5.71. The van der Waals surface area contributed by atoms with Gasteiger partial charge in [0.25, 0.3) is 0 Å². The van der Waals surface area contributed by atoms with Gasteiger partial charge in [0, 0.05) is 12.1 Å². The van der Waals surface area contributed by atoms with E-state index in [-0.39, 0.29) is 5.97 Å². The third-order valence-electron chi connectivity index (χ3n) is 4.79. The summed E-state index contributed by atoms with van der Waals surface area (Å²) in [6.07, 6.45) is 12.7. The van der Waals surface area contributed by atoms with E-state index in [9.17, 15) is 4.79 Å². The zero-order valence-electron chi connectivity index (χ0n) is 14.0. The van der Waals surface area contributed by atoms with Gasteiger partial charge in [-0.25, -0.2) is 0 Å². The Kier molecular flexibility index (Phi) is 6.88. The highest BCUT2D eigenvalue weighted by Gasteiger charge is 2.20. The summed E-state index contributed by atoms with van der Waals surface area (Å²) in [5, 5.41) is 0. The summed E-state index contributed by atoms with van der Waals surface area (Å²) in [5.74, 6) is 2.19. The van der Waals surface area contributed by atoms with Crippen molar-refractivity contribution < 1.29 is 9.53 Å². The number of aromatic nitrogens is 1. The van der Waals surface area contributed by atoms with Gasteiger partial charge in [-0.3, -0.25) is 9.78 Å². The van der Waals surface area contributed by atoms with E-state index in [1.165, 1.54) is 44.9 Å². The average Bonchev–Trinajstić information content (AvgIpc) is 2.56. The quantitative estimate of drug-likeness (QED) is 0.670. The van der Waals surface area contributed by atoms with Crippen LogP contribution in [0.5, 0.6) is 5.75 Å². The molecule has 0 aromatic carbocycles. The van der Waals surface area contributed by atoms with Gasteiger partial charge in [0.2, 0.25) is 0 Å². The minimum absolute atomic E-state index is 0.210. The minimum atomic E-state index is -0.210. The van der Waals surface area contributed by atoms with Crippen molar-refractivity contribution in [1.29, 1.82) is 0 Å². The van der Waals surface area contributed by atoms with Crippen LogP contribution in [0.4, 0.5) is 0 Å². The maximum Gasteiger partial charge on any atom is 0.310 e. The van der Waals surface area contributed by atoms with Gasteiger partial charge >= 0.3 is 5.97 Å². The van der Waals surface area contributed by atoms with Gasteiger partial charge in [-0.15, -0.1) is 0 Å². The van der Waals surface area contributed by atoms with E-state index in [2.05, 4.69) is 11.9 Å². The molecule has 0 saturated heterocycles. The van der Waals surface area contributed by atoms with Crippen LogP contribution in [0.15, 0.2) is 18.3 Å². The summed E-state index contributed by atoms with van der Waals surface area (Å²) in [7, 11) is 0. The SMILES string of the molecule is CCCC1CCC(CCc2ccc(OC(=O)CC)cn2)CC1. The standard InChI is InChI=1S/C19H29NO2/c1-3-5-15-6-8-16(9-7-15)10-11-17-12-13-18(14-20-17)22-19(21)4-2/h12-16H,3-11H2,1-2H3. The number of carbonyl (C=O) groups excluding carboxylic acids is 1. The van der Waals surface area contributed by atoms with Crippen LogP contribution in [0.1, 0.15) is 70.9 Å². The number of esters is 1. The zero-order chi connectivity index (χ0) is 15.8. The number of nitrogens with zero attached hydrogens (tertiary/aromatic N) is 1. The van der Waals surface area contributed by atoms with Gasteiger partial charge in [0.15, 0.2) is 0 Å². The first-order chi connectivity index (χ1) is 10.7. The number of pyridine rings is 1. The molecule has 0 spiro atoms. The largest absolute Gasteiger partial charge is 0.425 e. The maximum atomic E-state index is 11.2. The molecule has 2 rings (SSSR count). The van der Waals surface area contributed by atoms with E-state index < -0.39 is 0 Å². The number of aryl methyl sites for hydroxylation is 1. The summed E-state index contributed by atoms with van der Waals surface area (Å²) >= 11 is 0. The van der Waals surface area contributed by atoms with E-state index in [0.717, 1.165) is 24.0 Å². The summed E-state index contributed by atoms with van der Waals surface area (Å²) in [5.41, 5.74) is 1.10.